The highest BCUT2D eigenvalue weighted by molar-refractivity contribution is 5.85. The minimum atomic E-state index is -0.109. The lowest BCUT2D eigenvalue weighted by molar-refractivity contribution is 0.164. The van der Waals surface area contributed by atoms with Gasteiger partial charge < -0.3 is 10.0 Å². The van der Waals surface area contributed by atoms with Crippen molar-refractivity contribution in [1.82, 2.24) is 14.3 Å². The number of aliphatic imine (C=N–C) groups is 1. The molecule has 1 aliphatic heterocycles. The molecular formula is C25H32N4O2. The maximum Gasteiger partial charge on any atom is 0.258 e. The third kappa shape index (κ3) is 5.87. The SMILES string of the molecule is C=C(C)/N=C/C(=C\C(=C)c1cc(=O)n2cc(C3CCN(CCO)CC3)ccc2n1)CC. The van der Waals surface area contributed by atoms with Gasteiger partial charge in [-0.3, -0.25) is 14.2 Å². The zero-order valence-electron chi connectivity index (χ0n) is 18.5. The molecule has 164 valence electrons. The number of fused-ring (bicyclic) bond motifs is 1. The van der Waals surface area contributed by atoms with Crippen LogP contribution in [0.2, 0.25) is 0 Å². The summed E-state index contributed by atoms with van der Waals surface area (Å²) in [5, 5.41) is 9.12. The zero-order chi connectivity index (χ0) is 22.4. The summed E-state index contributed by atoms with van der Waals surface area (Å²) >= 11 is 0. The molecule has 3 rings (SSSR count). The largest absolute Gasteiger partial charge is 0.395 e. The van der Waals surface area contributed by atoms with Gasteiger partial charge in [0.1, 0.15) is 5.65 Å². The average molecular weight is 421 g/mol. The molecule has 31 heavy (non-hydrogen) atoms. The number of pyridine rings is 1. The third-order valence-electron chi connectivity index (χ3n) is 5.71. The van der Waals surface area contributed by atoms with Crippen LogP contribution in [-0.2, 0) is 0 Å². The number of aromatic nitrogens is 2. The Bertz CT molecular complexity index is 1070. The van der Waals surface area contributed by atoms with Crippen molar-refractivity contribution in [2.24, 2.45) is 4.99 Å². The molecule has 2 aromatic rings. The summed E-state index contributed by atoms with van der Waals surface area (Å²) in [4.78, 5) is 24.0. The Balaban J connectivity index is 1.83. The Morgan fingerprint density at radius 3 is 2.71 bits per heavy atom. The Morgan fingerprint density at radius 2 is 2.06 bits per heavy atom. The number of hydrogen-bond acceptors (Lipinski definition) is 5. The monoisotopic (exact) mass is 420 g/mol. The minimum absolute atomic E-state index is 0.109. The van der Waals surface area contributed by atoms with E-state index in [9.17, 15) is 4.79 Å². The van der Waals surface area contributed by atoms with E-state index in [1.807, 2.05) is 32.2 Å². The summed E-state index contributed by atoms with van der Waals surface area (Å²) in [6, 6.07) is 5.54. The van der Waals surface area contributed by atoms with Gasteiger partial charge in [0.2, 0.25) is 0 Å². The van der Waals surface area contributed by atoms with Gasteiger partial charge in [-0.1, -0.05) is 26.1 Å². The van der Waals surface area contributed by atoms with Crippen LogP contribution < -0.4 is 5.56 Å². The second-order valence-corrected chi connectivity index (χ2v) is 8.10. The highest BCUT2D eigenvalue weighted by atomic mass is 16.3. The molecule has 3 heterocycles. The van der Waals surface area contributed by atoms with Gasteiger partial charge in [0, 0.05) is 30.7 Å². The summed E-state index contributed by atoms with van der Waals surface area (Å²) in [6.45, 7) is 14.6. The van der Waals surface area contributed by atoms with Crippen molar-refractivity contribution in [3.63, 3.8) is 0 Å². The van der Waals surface area contributed by atoms with Crippen molar-refractivity contribution in [1.29, 1.82) is 0 Å². The van der Waals surface area contributed by atoms with Gasteiger partial charge >= 0.3 is 0 Å². The average Bonchev–Trinajstić information content (AvgIpc) is 2.77. The van der Waals surface area contributed by atoms with Gasteiger partial charge in [0.15, 0.2) is 0 Å². The number of nitrogens with zero attached hydrogens (tertiary/aromatic N) is 4. The van der Waals surface area contributed by atoms with Crippen LogP contribution in [0.4, 0.5) is 0 Å². The lowest BCUT2D eigenvalue weighted by Gasteiger charge is -2.31. The number of rotatable bonds is 8. The summed E-state index contributed by atoms with van der Waals surface area (Å²) in [5.41, 5.74) is 4.67. The number of allylic oxidation sites excluding steroid dienone is 4. The van der Waals surface area contributed by atoms with E-state index >= 15 is 0 Å². The van der Waals surface area contributed by atoms with Crippen molar-refractivity contribution < 1.29 is 5.11 Å². The predicted octanol–water partition coefficient (Wildman–Crippen LogP) is 3.82. The molecule has 6 heteroatoms. The van der Waals surface area contributed by atoms with Crippen LogP contribution in [0.3, 0.4) is 0 Å². The fourth-order valence-corrected chi connectivity index (χ4v) is 3.88. The molecule has 0 atom stereocenters. The van der Waals surface area contributed by atoms with E-state index in [1.54, 1.807) is 16.7 Å². The van der Waals surface area contributed by atoms with E-state index in [1.165, 1.54) is 0 Å². The normalized spacial score (nSPS) is 16.3. The number of aliphatic hydroxyl groups is 1. The molecule has 0 radical (unpaired) electrons. The molecule has 0 unspecified atom stereocenters. The van der Waals surface area contributed by atoms with E-state index in [4.69, 9.17) is 5.11 Å². The molecule has 0 spiro atoms. The predicted molar refractivity (Wildman–Crippen MR) is 128 cm³/mol. The van der Waals surface area contributed by atoms with Crippen molar-refractivity contribution in [2.75, 3.05) is 26.2 Å². The van der Waals surface area contributed by atoms with Crippen molar-refractivity contribution in [3.8, 4) is 0 Å². The van der Waals surface area contributed by atoms with Crippen molar-refractivity contribution in [2.45, 2.75) is 39.0 Å². The van der Waals surface area contributed by atoms with E-state index < -0.39 is 0 Å². The molecule has 0 aromatic carbocycles. The Morgan fingerprint density at radius 1 is 1.32 bits per heavy atom. The van der Waals surface area contributed by atoms with Gasteiger partial charge in [-0.2, -0.15) is 0 Å². The third-order valence-corrected chi connectivity index (χ3v) is 5.71. The van der Waals surface area contributed by atoms with Gasteiger partial charge in [-0.25, -0.2) is 4.98 Å². The molecule has 0 aliphatic carbocycles. The van der Waals surface area contributed by atoms with Gasteiger partial charge in [0.05, 0.1) is 12.3 Å². The smallest absolute Gasteiger partial charge is 0.258 e. The van der Waals surface area contributed by atoms with E-state index in [0.29, 0.717) is 22.8 Å². The van der Waals surface area contributed by atoms with Crippen LogP contribution in [0.25, 0.3) is 11.2 Å². The molecule has 6 nitrogen and oxygen atoms in total. The number of piperidine rings is 1. The Labute approximate surface area is 184 Å². The van der Waals surface area contributed by atoms with E-state index in [0.717, 1.165) is 55.7 Å². The second-order valence-electron chi connectivity index (χ2n) is 8.10. The lowest BCUT2D eigenvalue weighted by atomic mass is 9.90. The first-order valence-electron chi connectivity index (χ1n) is 10.9. The zero-order valence-corrected chi connectivity index (χ0v) is 18.5. The first kappa shape index (κ1) is 22.8. The topological polar surface area (TPSA) is 70.2 Å². The minimum Gasteiger partial charge on any atom is -0.395 e. The van der Waals surface area contributed by atoms with E-state index in [-0.39, 0.29) is 12.2 Å². The van der Waals surface area contributed by atoms with E-state index in [2.05, 4.69) is 34.1 Å². The molecule has 0 bridgehead atoms. The Kier molecular flexibility index (Phi) is 7.71. The van der Waals surface area contributed by atoms with Crippen LogP contribution in [0.15, 0.2) is 64.7 Å². The maximum atomic E-state index is 12.8. The summed E-state index contributed by atoms with van der Waals surface area (Å²) < 4.78 is 1.62. The molecule has 1 aliphatic rings. The molecular weight excluding hydrogens is 388 g/mol. The fourth-order valence-electron chi connectivity index (χ4n) is 3.88. The highest BCUT2D eigenvalue weighted by Crippen LogP contribution is 2.28. The number of aliphatic hydroxyl groups excluding tert-OH is 1. The van der Waals surface area contributed by atoms with Crippen LogP contribution >= 0.6 is 0 Å². The first-order chi connectivity index (χ1) is 14.9. The van der Waals surface area contributed by atoms with Crippen molar-refractivity contribution in [3.05, 3.63) is 76.5 Å². The number of hydrogen-bond donors (Lipinski definition) is 1. The van der Waals surface area contributed by atoms with Crippen LogP contribution in [0.5, 0.6) is 0 Å². The fraction of sp³-hybridized carbons (Fsp3) is 0.400. The standard InChI is InChI=1S/C25H32N4O2/c1-5-20(16-26-18(2)3)14-19(4)23-15-25(31)29-17-22(6-7-24(29)27-23)21-8-10-28(11-9-21)12-13-30/h6-7,14-17,21,30H,2,4-5,8-13H2,1,3H3/b20-14-,26-16+. The van der Waals surface area contributed by atoms with Crippen LogP contribution in [-0.4, -0.2) is 51.8 Å². The number of likely N-dealkylation sites (tertiary alicyclic amines) is 1. The lowest BCUT2D eigenvalue weighted by Crippen LogP contribution is -2.35. The van der Waals surface area contributed by atoms with Gasteiger partial charge in [-0.15, -0.1) is 0 Å². The number of β-amino-alcohol motifs (C(OH)–C–C–N with tert-alkyl or cyclic N) is 1. The highest BCUT2D eigenvalue weighted by Gasteiger charge is 2.20. The first-order valence-corrected chi connectivity index (χ1v) is 10.9. The van der Waals surface area contributed by atoms with Crippen molar-refractivity contribution >= 4 is 17.4 Å². The molecule has 1 saturated heterocycles. The Hall–Kier alpha value is -2.83. The van der Waals surface area contributed by atoms with Crippen LogP contribution in [0.1, 0.15) is 50.3 Å². The summed E-state index contributed by atoms with van der Waals surface area (Å²) in [6.07, 6.45) is 8.47. The summed E-state index contributed by atoms with van der Waals surface area (Å²) in [5.74, 6) is 0.420. The molecule has 1 N–H and O–H groups in total. The van der Waals surface area contributed by atoms with Gasteiger partial charge in [-0.05, 0) is 74.0 Å². The van der Waals surface area contributed by atoms with Crippen LogP contribution in [0, 0.1) is 0 Å². The second kappa shape index (κ2) is 10.5. The summed E-state index contributed by atoms with van der Waals surface area (Å²) in [7, 11) is 0. The molecule has 0 saturated carbocycles. The molecule has 1 fully saturated rings. The quantitative estimate of drug-likeness (QED) is 0.521. The molecule has 2 aromatic heterocycles. The van der Waals surface area contributed by atoms with Gasteiger partial charge in [0.25, 0.3) is 5.56 Å². The molecule has 0 amide bonds. The maximum absolute atomic E-state index is 12.8.